The van der Waals surface area contributed by atoms with Crippen molar-refractivity contribution in [2.24, 2.45) is 17.8 Å². The normalized spacial score (nSPS) is 30.2. The molecule has 1 N–H and O–H groups in total. The van der Waals surface area contributed by atoms with Crippen molar-refractivity contribution in [3.63, 3.8) is 0 Å². The van der Waals surface area contributed by atoms with Gasteiger partial charge in [-0.05, 0) is 43.1 Å². The van der Waals surface area contributed by atoms with Crippen molar-refractivity contribution in [2.75, 3.05) is 0 Å². The molecule has 2 rings (SSSR count). The van der Waals surface area contributed by atoms with Crippen LogP contribution in [-0.2, 0) is 0 Å². The Morgan fingerprint density at radius 3 is 2.44 bits per heavy atom. The largest absolute Gasteiger partial charge is 0.388 e. The van der Waals surface area contributed by atoms with E-state index in [2.05, 4.69) is 13.8 Å². The van der Waals surface area contributed by atoms with Gasteiger partial charge in [-0.25, -0.2) is 4.39 Å². The van der Waals surface area contributed by atoms with E-state index in [9.17, 15) is 9.50 Å². The summed E-state index contributed by atoms with van der Waals surface area (Å²) < 4.78 is 13.9. The molecule has 0 spiro atoms. The smallest absolute Gasteiger partial charge is 0.147 e. The molecule has 3 unspecified atom stereocenters. The first-order valence-electron chi connectivity index (χ1n) is 6.61. The van der Waals surface area contributed by atoms with Crippen LogP contribution in [-0.4, -0.2) is 5.11 Å². The zero-order valence-corrected chi connectivity index (χ0v) is 11.6. The Bertz CT molecular complexity index is 411. The summed E-state index contributed by atoms with van der Waals surface area (Å²) in [5, 5.41) is 10.5. The van der Waals surface area contributed by atoms with Gasteiger partial charge in [-0.3, -0.25) is 0 Å². The van der Waals surface area contributed by atoms with Crippen molar-refractivity contribution >= 4 is 11.6 Å². The first-order chi connectivity index (χ1) is 8.49. The fourth-order valence-electron chi connectivity index (χ4n) is 3.27. The van der Waals surface area contributed by atoms with Crippen molar-refractivity contribution in [1.29, 1.82) is 0 Å². The van der Waals surface area contributed by atoms with Gasteiger partial charge in [0.2, 0.25) is 0 Å². The molecule has 1 aliphatic carbocycles. The van der Waals surface area contributed by atoms with Crippen LogP contribution in [0.25, 0.3) is 0 Å². The summed E-state index contributed by atoms with van der Waals surface area (Å²) in [4.78, 5) is 0. The highest BCUT2D eigenvalue weighted by atomic mass is 35.5. The lowest BCUT2D eigenvalue weighted by Crippen LogP contribution is -2.25. The molecular weight excluding hydrogens is 251 g/mol. The molecule has 1 aromatic carbocycles. The molecule has 0 amide bonds. The maximum Gasteiger partial charge on any atom is 0.147 e. The number of halogens is 2. The Kier molecular flexibility index (Phi) is 4.29. The zero-order valence-electron chi connectivity index (χ0n) is 10.9. The first-order valence-corrected chi connectivity index (χ1v) is 6.98. The number of rotatable bonds is 2. The Balaban J connectivity index is 2.20. The highest BCUT2D eigenvalue weighted by Crippen LogP contribution is 2.40. The van der Waals surface area contributed by atoms with Crippen molar-refractivity contribution in [3.8, 4) is 0 Å². The summed E-state index contributed by atoms with van der Waals surface area (Å²) in [5.41, 5.74) is 0.341. The molecule has 0 saturated heterocycles. The van der Waals surface area contributed by atoms with Crippen LogP contribution in [0.4, 0.5) is 4.39 Å². The third kappa shape index (κ3) is 2.86. The van der Waals surface area contributed by atoms with E-state index in [1.807, 2.05) is 0 Å². The molecule has 0 bridgehead atoms. The lowest BCUT2D eigenvalue weighted by molar-refractivity contribution is 0.0527. The van der Waals surface area contributed by atoms with Gasteiger partial charge in [0.05, 0.1) is 11.1 Å². The monoisotopic (exact) mass is 270 g/mol. The van der Waals surface area contributed by atoms with E-state index in [1.54, 1.807) is 12.1 Å². The molecule has 1 fully saturated rings. The molecule has 1 aliphatic rings. The molecule has 100 valence electrons. The minimum absolute atomic E-state index is 0.0865. The van der Waals surface area contributed by atoms with Gasteiger partial charge < -0.3 is 5.11 Å². The molecule has 1 saturated carbocycles. The maximum atomic E-state index is 13.9. The zero-order chi connectivity index (χ0) is 13.3. The van der Waals surface area contributed by atoms with Crippen LogP contribution < -0.4 is 0 Å². The van der Waals surface area contributed by atoms with E-state index >= 15 is 0 Å². The van der Waals surface area contributed by atoms with Crippen LogP contribution in [0.5, 0.6) is 0 Å². The second-order valence-corrected chi connectivity index (χ2v) is 6.17. The molecular formula is C15H20ClFO. The van der Waals surface area contributed by atoms with Gasteiger partial charge in [0.1, 0.15) is 5.82 Å². The highest BCUT2D eigenvalue weighted by Gasteiger charge is 2.31. The average molecular weight is 271 g/mol. The van der Waals surface area contributed by atoms with Crippen molar-refractivity contribution < 1.29 is 9.50 Å². The van der Waals surface area contributed by atoms with Gasteiger partial charge in [0.25, 0.3) is 0 Å². The molecule has 3 atom stereocenters. The topological polar surface area (TPSA) is 20.2 Å². The Morgan fingerprint density at radius 1 is 1.22 bits per heavy atom. The second-order valence-electron chi connectivity index (χ2n) is 5.77. The number of aliphatic hydroxyl groups excluding tert-OH is 1. The van der Waals surface area contributed by atoms with E-state index < -0.39 is 11.9 Å². The molecule has 1 nitrogen and oxygen atoms in total. The SMILES string of the molecule is CC1CC(C)CC(C(O)c2cccc(Cl)c2F)C1. The predicted octanol–water partition coefficient (Wildman–Crippen LogP) is 4.58. The van der Waals surface area contributed by atoms with Gasteiger partial charge in [0, 0.05) is 5.56 Å². The van der Waals surface area contributed by atoms with E-state index in [0.29, 0.717) is 17.4 Å². The number of benzene rings is 1. The number of hydrogen-bond donors (Lipinski definition) is 1. The van der Waals surface area contributed by atoms with E-state index in [4.69, 9.17) is 11.6 Å². The second kappa shape index (κ2) is 5.58. The van der Waals surface area contributed by atoms with Crippen LogP contribution >= 0.6 is 11.6 Å². The Morgan fingerprint density at radius 2 is 1.83 bits per heavy atom. The third-order valence-corrected chi connectivity index (χ3v) is 4.25. The lowest BCUT2D eigenvalue weighted by atomic mass is 9.73. The lowest BCUT2D eigenvalue weighted by Gasteiger charge is -2.34. The van der Waals surface area contributed by atoms with Gasteiger partial charge in [-0.1, -0.05) is 37.6 Å². The van der Waals surface area contributed by atoms with Crippen molar-refractivity contribution in [2.45, 2.75) is 39.2 Å². The van der Waals surface area contributed by atoms with Gasteiger partial charge in [-0.15, -0.1) is 0 Å². The van der Waals surface area contributed by atoms with Crippen molar-refractivity contribution in [1.82, 2.24) is 0 Å². The highest BCUT2D eigenvalue weighted by molar-refractivity contribution is 6.30. The van der Waals surface area contributed by atoms with Crippen LogP contribution in [0.15, 0.2) is 18.2 Å². The summed E-state index contributed by atoms with van der Waals surface area (Å²) >= 11 is 5.77. The van der Waals surface area contributed by atoms with Crippen LogP contribution in [0, 0.1) is 23.6 Å². The molecule has 3 heteroatoms. The van der Waals surface area contributed by atoms with Gasteiger partial charge >= 0.3 is 0 Å². The van der Waals surface area contributed by atoms with Crippen LogP contribution in [0.1, 0.15) is 44.8 Å². The molecule has 0 aliphatic heterocycles. The Labute approximate surface area is 113 Å². The molecule has 18 heavy (non-hydrogen) atoms. The maximum absolute atomic E-state index is 13.9. The summed E-state index contributed by atoms with van der Waals surface area (Å²) in [7, 11) is 0. The standard InChI is InChI=1S/C15H20ClFO/c1-9-6-10(2)8-11(7-9)15(18)12-4-3-5-13(16)14(12)17/h3-5,9-11,15,18H,6-8H2,1-2H3. The fraction of sp³-hybridized carbons (Fsp3) is 0.600. The summed E-state index contributed by atoms with van der Waals surface area (Å²) in [6.45, 7) is 4.40. The Hall–Kier alpha value is -0.600. The van der Waals surface area contributed by atoms with Gasteiger partial charge in [0.15, 0.2) is 0 Å². The van der Waals surface area contributed by atoms with E-state index in [1.165, 1.54) is 12.5 Å². The predicted molar refractivity (Wildman–Crippen MR) is 72.0 cm³/mol. The third-order valence-electron chi connectivity index (χ3n) is 3.96. The number of hydrogen-bond acceptors (Lipinski definition) is 1. The minimum atomic E-state index is -0.742. The quantitative estimate of drug-likeness (QED) is 0.834. The van der Waals surface area contributed by atoms with E-state index in [-0.39, 0.29) is 10.9 Å². The summed E-state index contributed by atoms with van der Waals surface area (Å²) in [6, 6.07) is 4.84. The molecule has 0 radical (unpaired) electrons. The van der Waals surface area contributed by atoms with E-state index in [0.717, 1.165) is 12.8 Å². The fourth-order valence-corrected chi connectivity index (χ4v) is 3.45. The van der Waals surface area contributed by atoms with Crippen LogP contribution in [0.2, 0.25) is 5.02 Å². The molecule has 0 heterocycles. The average Bonchev–Trinajstić information content (AvgIpc) is 2.30. The summed E-state index contributed by atoms with van der Waals surface area (Å²) in [6.07, 6.45) is 2.37. The number of aliphatic hydroxyl groups is 1. The summed E-state index contributed by atoms with van der Waals surface area (Å²) in [5.74, 6) is 0.848. The van der Waals surface area contributed by atoms with Gasteiger partial charge in [-0.2, -0.15) is 0 Å². The van der Waals surface area contributed by atoms with Crippen LogP contribution in [0.3, 0.4) is 0 Å². The molecule has 0 aromatic heterocycles. The minimum Gasteiger partial charge on any atom is -0.388 e. The first kappa shape index (κ1) is 13.8. The molecule has 1 aromatic rings. The van der Waals surface area contributed by atoms with Crippen molar-refractivity contribution in [3.05, 3.63) is 34.6 Å².